The molecule has 0 aromatic heterocycles. The van der Waals surface area contributed by atoms with Crippen LogP contribution in [-0.4, -0.2) is 26.7 Å². The normalized spacial score (nSPS) is 16.0. The van der Waals surface area contributed by atoms with E-state index in [1.54, 1.807) is 24.3 Å². The number of hydrogen-bond acceptors (Lipinski definition) is 4. The fourth-order valence-electron chi connectivity index (χ4n) is 2.92. The van der Waals surface area contributed by atoms with Crippen LogP contribution >= 0.6 is 0 Å². The van der Waals surface area contributed by atoms with Gasteiger partial charge in [0.1, 0.15) is 6.61 Å². The van der Waals surface area contributed by atoms with Crippen LogP contribution in [0.3, 0.4) is 0 Å². The Bertz CT molecular complexity index is 871. The zero-order chi connectivity index (χ0) is 18.7. The van der Waals surface area contributed by atoms with Crippen LogP contribution in [0.2, 0.25) is 0 Å². The van der Waals surface area contributed by atoms with E-state index in [1.165, 1.54) is 9.87 Å². The molecule has 138 valence electrons. The number of benzene rings is 2. The van der Waals surface area contributed by atoms with Gasteiger partial charge in [0, 0.05) is 6.54 Å². The Morgan fingerprint density at radius 1 is 1.08 bits per heavy atom. The van der Waals surface area contributed by atoms with Crippen molar-refractivity contribution >= 4 is 21.7 Å². The standard InChI is InChI=1S/C20H23NO4S/c1-15(2)17-6-4-16(5-7-17)14-25-20(22)18-8-10-19(11-9-18)21-12-3-13-26(21,23)24/h4-11,15H,3,12-14H2,1-2H3. The first-order valence-corrected chi connectivity index (χ1v) is 10.3. The Labute approximate surface area is 154 Å². The third-order valence-corrected chi connectivity index (χ3v) is 6.38. The molecule has 0 bridgehead atoms. The summed E-state index contributed by atoms with van der Waals surface area (Å²) in [5, 5.41) is 0. The summed E-state index contributed by atoms with van der Waals surface area (Å²) in [4.78, 5) is 12.2. The van der Waals surface area contributed by atoms with Gasteiger partial charge in [-0.15, -0.1) is 0 Å². The van der Waals surface area contributed by atoms with Gasteiger partial charge in [0.05, 0.1) is 17.0 Å². The number of carbonyl (C=O) groups excluding carboxylic acids is 1. The van der Waals surface area contributed by atoms with E-state index >= 15 is 0 Å². The van der Waals surface area contributed by atoms with Crippen molar-refractivity contribution in [2.75, 3.05) is 16.6 Å². The summed E-state index contributed by atoms with van der Waals surface area (Å²) in [5.74, 6) is 0.213. The van der Waals surface area contributed by atoms with E-state index in [4.69, 9.17) is 4.74 Å². The minimum atomic E-state index is -3.21. The predicted octanol–water partition coefficient (Wildman–Crippen LogP) is 3.71. The highest BCUT2D eigenvalue weighted by atomic mass is 32.2. The number of hydrogen-bond donors (Lipinski definition) is 0. The summed E-state index contributed by atoms with van der Waals surface area (Å²) in [6.07, 6.45) is 0.627. The van der Waals surface area contributed by atoms with Crippen molar-refractivity contribution < 1.29 is 17.9 Å². The molecule has 1 aliphatic rings. The number of rotatable bonds is 5. The van der Waals surface area contributed by atoms with Crippen molar-refractivity contribution in [3.8, 4) is 0 Å². The molecule has 2 aromatic carbocycles. The number of sulfonamides is 1. The number of nitrogens with zero attached hydrogens (tertiary/aromatic N) is 1. The molecule has 0 saturated carbocycles. The quantitative estimate of drug-likeness (QED) is 0.750. The second-order valence-corrected chi connectivity index (χ2v) is 8.77. The Morgan fingerprint density at radius 3 is 2.27 bits per heavy atom. The lowest BCUT2D eigenvalue weighted by Gasteiger charge is -2.16. The van der Waals surface area contributed by atoms with Crippen molar-refractivity contribution in [3.05, 3.63) is 65.2 Å². The van der Waals surface area contributed by atoms with E-state index in [0.717, 1.165) is 5.56 Å². The molecular formula is C20H23NO4S. The van der Waals surface area contributed by atoms with E-state index in [1.807, 2.05) is 24.3 Å². The van der Waals surface area contributed by atoms with Gasteiger partial charge in [-0.25, -0.2) is 13.2 Å². The second-order valence-electron chi connectivity index (χ2n) is 6.76. The molecule has 5 nitrogen and oxygen atoms in total. The minimum Gasteiger partial charge on any atom is -0.457 e. The van der Waals surface area contributed by atoms with Crippen molar-refractivity contribution in [1.29, 1.82) is 0 Å². The molecule has 0 atom stereocenters. The van der Waals surface area contributed by atoms with Crippen LogP contribution in [0.1, 0.15) is 47.7 Å². The van der Waals surface area contributed by atoms with E-state index in [-0.39, 0.29) is 12.4 Å². The van der Waals surface area contributed by atoms with Gasteiger partial charge in [0.25, 0.3) is 0 Å². The molecule has 1 heterocycles. The monoisotopic (exact) mass is 373 g/mol. The molecule has 0 radical (unpaired) electrons. The van der Waals surface area contributed by atoms with Gasteiger partial charge in [0.2, 0.25) is 10.0 Å². The van der Waals surface area contributed by atoms with E-state index in [0.29, 0.717) is 30.1 Å². The average molecular weight is 373 g/mol. The molecule has 1 aliphatic heterocycles. The Kier molecular flexibility index (Phi) is 5.32. The third-order valence-electron chi connectivity index (χ3n) is 4.51. The topological polar surface area (TPSA) is 63.7 Å². The van der Waals surface area contributed by atoms with Gasteiger partial charge in [-0.2, -0.15) is 0 Å². The molecular weight excluding hydrogens is 350 g/mol. The lowest BCUT2D eigenvalue weighted by Crippen LogP contribution is -2.25. The Balaban J connectivity index is 1.61. The number of carbonyl (C=O) groups is 1. The highest BCUT2D eigenvalue weighted by Gasteiger charge is 2.28. The molecule has 2 aromatic rings. The van der Waals surface area contributed by atoms with Gasteiger partial charge in [-0.05, 0) is 47.7 Å². The lowest BCUT2D eigenvalue weighted by atomic mass is 10.0. The first-order valence-electron chi connectivity index (χ1n) is 8.73. The van der Waals surface area contributed by atoms with Crippen LogP contribution < -0.4 is 4.31 Å². The number of esters is 1. The molecule has 3 rings (SSSR count). The SMILES string of the molecule is CC(C)c1ccc(COC(=O)c2ccc(N3CCCS3(=O)=O)cc2)cc1. The molecule has 1 saturated heterocycles. The molecule has 0 unspecified atom stereocenters. The summed E-state index contributed by atoms with van der Waals surface area (Å²) in [6.45, 7) is 4.95. The first kappa shape index (κ1) is 18.5. The summed E-state index contributed by atoms with van der Waals surface area (Å²) in [6, 6.07) is 14.5. The summed E-state index contributed by atoms with van der Waals surface area (Å²) in [5.41, 5.74) is 3.17. The summed E-state index contributed by atoms with van der Waals surface area (Å²) < 4.78 is 30.6. The smallest absolute Gasteiger partial charge is 0.338 e. The van der Waals surface area contributed by atoms with Crippen LogP contribution in [0, 0.1) is 0 Å². The van der Waals surface area contributed by atoms with Crippen molar-refractivity contribution in [3.63, 3.8) is 0 Å². The highest BCUT2D eigenvalue weighted by molar-refractivity contribution is 7.93. The Hall–Kier alpha value is -2.34. The van der Waals surface area contributed by atoms with Crippen LogP contribution in [0.15, 0.2) is 48.5 Å². The molecule has 6 heteroatoms. The van der Waals surface area contributed by atoms with Crippen LogP contribution in [0.25, 0.3) is 0 Å². The van der Waals surface area contributed by atoms with Gasteiger partial charge >= 0.3 is 5.97 Å². The maximum atomic E-state index is 12.2. The fourth-order valence-corrected chi connectivity index (χ4v) is 4.49. The van der Waals surface area contributed by atoms with Crippen molar-refractivity contribution in [2.24, 2.45) is 0 Å². The summed E-state index contributed by atoms with van der Waals surface area (Å²) >= 11 is 0. The minimum absolute atomic E-state index is 0.173. The lowest BCUT2D eigenvalue weighted by molar-refractivity contribution is 0.0472. The van der Waals surface area contributed by atoms with Crippen molar-refractivity contribution in [1.82, 2.24) is 0 Å². The summed E-state index contributed by atoms with van der Waals surface area (Å²) in [7, 11) is -3.21. The van der Waals surface area contributed by atoms with Gasteiger partial charge in [-0.3, -0.25) is 4.31 Å². The molecule has 26 heavy (non-hydrogen) atoms. The van der Waals surface area contributed by atoms with E-state index in [9.17, 15) is 13.2 Å². The zero-order valence-electron chi connectivity index (χ0n) is 15.0. The molecule has 0 aliphatic carbocycles. The number of anilines is 1. The average Bonchev–Trinajstić information content (AvgIpc) is 2.99. The fraction of sp³-hybridized carbons (Fsp3) is 0.350. The van der Waals surface area contributed by atoms with Crippen molar-refractivity contribution in [2.45, 2.75) is 32.8 Å². The Morgan fingerprint density at radius 2 is 1.73 bits per heavy atom. The predicted molar refractivity (Wildman–Crippen MR) is 102 cm³/mol. The molecule has 0 spiro atoms. The van der Waals surface area contributed by atoms with Gasteiger partial charge in [-0.1, -0.05) is 38.1 Å². The molecule has 0 amide bonds. The zero-order valence-corrected chi connectivity index (χ0v) is 15.8. The van der Waals surface area contributed by atoms with Crippen LogP contribution in [0.4, 0.5) is 5.69 Å². The largest absolute Gasteiger partial charge is 0.457 e. The number of ether oxygens (including phenoxy) is 1. The molecule has 1 fully saturated rings. The van der Waals surface area contributed by atoms with Crippen LogP contribution in [-0.2, 0) is 21.4 Å². The third kappa shape index (κ3) is 4.07. The van der Waals surface area contributed by atoms with Gasteiger partial charge < -0.3 is 4.74 Å². The maximum Gasteiger partial charge on any atom is 0.338 e. The first-order chi connectivity index (χ1) is 12.4. The molecule has 0 N–H and O–H groups in total. The van der Waals surface area contributed by atoms with Gasteiger partial charge in [0.15, 0.2) is 0 Å². The second kappa shape index (κ2) is 7.50. The van der Waals surface area contributed by atoms with Crippen LogP contribution in [0.5, 0.6) is 0 Å². The van der Waals surface area contributed by atoms with E-state index in [2.05, 4.69) is 13.8 Å². The van der Waals surface area contributed by atoms with E-state index < -0.39 is 16.0 Å². The maximum absolute atomic E-state index is 12.2. The highest BCUT2D eigenvalue weighted by Crippen LogP contribution is 2.24.